The maximum absolute atomic E-state index is 8.58. The van der Waals surface area contributed by atoms with Gasteiger partial charge in [-0.15, -0.1) is 0 Å². The summed E-state index contributed by atoms with van der Waals surface area (Å²) in [5, 5.41) is 15.1. The normalized spacial score (nSPS) is 23.4. The molecule has 18 heavy (non-hydrogen) atoms. The third-order valence-electron chi connectivity index (χ3n) is 4.08. The van der Waals surface area contributed by atoms with Crippen molar-refractivity contribution >= 4 is 5.84 Å². The van der Waals surface area contributed by atoms with E-state index in [1.54, 1.807) is 0 Å². The van der Waals surface area contributed by atoms with E-state index in [0.29, 0.717) is 18.4 Å². The standard InChI is InChI=1S/C13H25N3O2/c14-12(16-17)9-13(5-6-13)10-15-7-8-18-11-3-1-2-4-11/h11,15,17H,1-10H2,(H2,14,16). The van der Waals surface area contributed by atoms with Crippen molar-refractivity contribution in [2.75, 3.05) is 19.7 Å². The molecular formula is C13H25N3O2. The van der Waals surface area contributed by atoms with Gasteiger partial charge in [-0.05, 0) is 31.1 Å². The summed E-state index contributed by atoms with van der Waals surface area (Å²) in [5.74, 6) is 0.344. The van der Waals surface area contributed by atoms with Gasteiger partial charge in [0.1, 0.15) is 5.84 Å². The van der Waals surface area contributed by atoms with Crippen molar-refractivity contribution in [1.29, 1.82) is 0 Å². The highest BCUT2D eigenvalue weighted by Gasteiger charge is 2.42. The molecule has 2 rings (SSSR count). The molecule has 0 spiro atoms. The Balaban J connectivity index is 1.52. The predicted molar refractivity (Wildman–Crippen MR) is 70.8 cm³/mol. The molecule has 0 aromatic carbocycles. The van der Waals surface area contributed by atoms with Crippen LogP contribution in [0.5, 0.6) is 0 Å². The van der Waals surface area contributed by atoms with Crippen LogP contribution in [0.4, 0.5) is 0 Å². The lowest BCUT2D eigenvalue weighted by atomic mass is 10.0. The van der Waals surface area contributed by atoms with E-state index in [-0.39, 0.29) is 5.41 Å². The first kappa shape index (κ1) is 13.6. The van der Waals surface area contributed by atoms with Crippen molar-refractivity contribution in [1.82, 2.24) is 5.32 Å². The monoisotopic (exact) mass is 255 g/mol. The van der Waals surface area contributed by atoms with Crippen molar-refractivity contribution in [2.24, 2.45) is 16.3 Å². The smallest absolute Gasteiger partial charge is 0.139 e. The number of nitrogens with zero attached hydrogens (tertiary/aromatic N) is 1. The molecule has 0 bridgehead atoms. The zero-order chi connectivity index (χ0) is 12.8. The average molecular weight is 255 g/mol. The van der Waals surface area contributed by atoms with Crippen LogP contribution in [0.25, 0.3) is 0 Å². The molecule has 2 fully saturated rings. The van der Waals surface area contributed by atoms with E-state index >= 15 is 0 Å². The minimum atomic E-state index is 0.240. The first-order valence-corrected chi connectivity index (χ1v) is 7.03. The Labute approximate surface area is 109 Å². The molecule has 0 radical (unpaired) electrons. The quantitative estimate of drug-likeness (QED) is 0.202. The minimum Gasteiger partial charge on any atom is -0.409 e. The second-order valence-electron chi connectivity index (χ2n) is 5.72. The van der Waals surface area contributed by atoms with Gasteiger partial charge in [-0.3, -0.25) is 0 Å². The second kappa shape index (κ2) is 6.38. The van der Waals surface area contributed by atoms with Crippen molar-refractivity contribution in [3.8, 4) is 0 Å². The summed E-state index contributed by atoms with van der Waals surface area (Å²) in [6, 6.07) is 0. The third kappa shape index (κ3) is 4.14. The second-order valence-corrected chi connectivity index (χ2v) is 5.72. The highest BCUT2D eigenvalue weighted by molar-refractivity contribution is 5.80. The Bertz CT molecular complexity index is 284. The lowest BCUT2D eigenvalue weighted by Gasteiger charge is -2.16. The Morgan fingerprint density at radius 3 is 2.72 bits per heavy atom. The molecule has 4 N–H and O–H groups in total. The van der Waals surface area contributed by atoms with Gasteiger partial charge in [0.2, 0.25) is 0 Å². The average Bonchev–Trinajstić information content (AvgIpc) is 2.91. The van der Waals surface area contributed by atoms with E-state index in [0.717, 1.165) is 19.7 Å². The Hall–Kier alpha value is -0.810. The molecule has 0 heterocycles. The molecule has 0 amide bonds. The fourth-order valence-corrected chi connectivity index (χ4v) is 2.72. The van der Waals surface area contributed by atoms with Crippen molar-refractivity contribution < 1.29 is 9.94 Å². The largest absolute Gasteiger partial charge is 0.409 e. The van der Waals surface area contributed by atoms with Gasteiger partial charge in [-0.2, -0.15) is 0 Å². The van der Waals surface area contributed by atoms with Crippen LogP contribution in [-0.4, -0.2) is 36.8 Å². The lowest BCUT2D eigenvalue weighted by molar-refractivity contribution is 0.0599. The van der Waals surface area contributed by atoms with Gasteiger partial charge < -0.3 is 21.0 Å². The zero-order valence-electron chi connectivity index (χ0n) is 11.0. The van der Waals surface area contributed by atoms with E-state index in [2.05, 4.69) is 10.5 Å². The molecule has 0 saturated heterocycles. The highest BCUT2D eigenvalue weighted by Crippen LogP contribution is 2.48. The summed E-state index contributed by atoms with van der Waals surface area (Å²) in [6.45, 7) is 2.63. The summed E-state index contributed by atoms with van der Waals surface area (Å²) >= 11 is 0. The number of hydrogen-bond donors (Lipinski definition) is 3. The summed E-state index contributed by atoms with van der Waals surface area (Å²) < 4.78 is 5.79. The molecule has 0 atom stereocenters. The van der Waals surface area contributed by atoms with E-state index in [1.165, 1.54) is 38.5 Å². The third-order valence-corrected chi connectivity index (χ3v) is 4.08. The Morgan fingerprint density at radius 1 is 1.39 bits per heavy atom. The van der Waals surface area contributed by atoms with Crippen molar-refractivity contribution in [3.05, 3.63) is 0 Å². The number of rotatable bonds is 8. The van der Waals surface area contributed by atoms with Crippen molar-refractivity contribution in [2.45, 2.75) is 51.0 Å². The summed E-state index contributed by atoms with van der Waals surface area (Å²) in [6.07, 6.45) is 8.63. The van der Waals surface area contributed by atoms with Gasteiger partial charge in [0.05, 0.1) is 12.7 Å². The number of hydrogen-bond acceptors (Lipinski definition) is 4. The van der Waals surface area contributed by atoms with Gasteiger partial charge in [-0.1, -0.05) is 18.0 Å². The van der Waals surface area contributed by atoms with E-state index in [1.807, 2.05) is 0 Å². The number of amidine groups is 1. The molecule has 0 aromatic rings. The number of oxime groups is 1. The van der Waals surface area contributed by atoms with Crippen LogP contribution in [0.2, 0.25) is 0 Å². The molecule has 2 aliphatic carbocycles. The van der Waals surface area contributed by atoms with Gasteiger partial charge in [0.25, 0.3) is 0 Å². The first-order chi connectivity index (χ1) is 8.74. The fraction of sp³-hybridized carbons (Fsp3) is 0.923. The predicted octanol–water partition coefficient (Wildman–Crippen LogP) is 1.45. The van der Waals surface area contributed by atoms with Crippen LogP contribution in [0.15, 0.2) is 5.16 Å². The molecule has 2 saturated carbocycles. The van der Waals surface area contributed by atoms with Crippen LogP contribution in [0.3, 0.4) is 0 Å². The molecule has 2 aliphatic rings. The highest BCUT2D eigenvalue weighted by atomic mass is 16.5. The molecule has 0 unspecified atom stereocenters. The van der Waals surface area contributed by atoms with Crippen LogP contribution < -0.4 is 11.1 Å². The van der Waals surface area contributed by atoms with E-state index in [4.69, 9.17) is 15.7 Å². The van der Waals surface area contributed by atoms with Crippen LogP contribution >= 0.6 is 0 Å². The van der Waals surface area contributed by atoms with Gasteiger partial charge in [0.15, 0.2) is 0 Å². The van der Waals surface area contributed by atoms with Gasteiger partial charge in [-0.25, -0.2) is 0 Å². The van der Waals surface area contributed by atoms with Gasteiger partial charge >= 0.3 is 0 Å². The summed E-state index contributed by atoms with van der Waals surface area (Å²) in [4.78, 5) is 0. The van der Waals surface area contributed by atoms with E-state index in [9.17, 15) is 0 Å². The molecule has 5 heteroatoms. The Morgan fingerprint density at radius 2 is 2.11 bits per heavy atom. The molecular weight excluding hydrogens is 230 g/mol. The van der Waals surface area contributed by atoms with E-state index < -0.39 is 0 Å². The molecule has 104 valence electrons. The topological polar surface area (TPSA) is 79.9 Å². The summed E-state index contributed by atoms with van der Waals surface area (Å²) in [5.41, 5.74) is 5.80. The van der Waals surface area contributed by atoms with Crippen LogP contribution in [-0.2, 0) is 4.74 Å². The zero-order valence-corrected chi connectivity index (χ0v) is 11.0. The fourth-order valence-electron chi connectivity index (χ4n) is 2.72. The number of nitrogens with one attached hydrogen (secondary N) is 1. The molecule has 0 aromatic heterocycles. The SMILES string of the molecule is NC(CC1(CNCCOC2CCCC2)CC1)=NO. The maximum atomic E-state index is 8.58. The summed E-state index contributed by atoms with van der Waals surface area (Å²) in [7, 11) is 0. The number of nitrogens with two attached hydrogens (primary N) is 1. The Kier molecular flexibility index (Phi) is 4.83. The first-order valence-electron chi connectivity index (χ1n) is 7.03. The maximum Gasteiger partial charge on any atom is 0.139 e. The van der Waals surface area contributed by atoms with Crippen LogP contribution in [0.1, 0.15) is 44.9 Å². The lowest BCUT2D eigenvalue weighted by Crippen LogP contribution is -2.31. The van der Waals surface area contributed by atoms with Crippen LogP contribution in [0, 0.1) is 5.41 Å². The van der Waals surface area contributed by atoms with Crippen molar-refractivity contribution in [3.63, 3.8) is 0 Å². The molecule has 0 aliphatic heterocycles. The van der Waals surface area contributed by atoms with Gasteiger partial charge in [0, 0.05) is 19.5 Å². The minimum absolute atomic E-state index is 0.240. The number of ether oxygens (including phenoxy) is 1. The molecule has 5 nitrogen and oxygen atoms in total.